The van der Waals surface area contributed by atoms with Crippen molar-refractivity contribution >= 4 is 28.0 Å². The van der Waals surface area contributed by atoms with Crippen LogP contribution >= 0.6 is 0 Å². The molecule has 0 atom stereocenters. The molecule has 2 aromatic heterocycles. The average molecular weight is 530 g/mol. The van der Waals surface area contributed by atoms with Gasteiger partial charge in [-0.25, -0.2) is 9.97 Å². The fraction of sp³-hybridized carbons (Fsp3) is 0.357. The molecule has 0 spiro atoms. The summed E-state index contributed by atoms with van der Waals surface area (Å²) in [4.78, 5) is 25.6. The topological polar surface area (TPSA) is 125 Å². The first-order chi connectivity index (χ1) is 19.0. The Balaban J connectivity index is 1.54. The zero-order chi connectivity index (χ0) is 27.1. The van der Waals surface area contributed by atoms with E-state index in [2.05, 4.69) is 26.6 Å². The molecule has 4 aromatic rings. The molecule has 39 heavy (non-hydrogen) atoms. The highest BCUT2D eigenvalue weighted by atomic mass is 16.6. The number of methoxy groups -OCH3 is 1. The number of anilines is 2. The third-order valence-corrected chi connectivity index (χ3v) is 7.66. The summed E-state index contributed by atoms with van der Waals surface area (Å²) in [6.45, 7) is 5.35. The van der Waals surface area contributed by atoms with Crippen molar-refractivity contribution in [1.29, 1.82) is 0 Å². The highest BCUT2D eigenvalue weighted by Crippen LogP contribution is 2.47. The number of nitrogens with two attached hydrogens (primary N) is 1. The van der Waals surface area contributed by atoms with Crippen molar-refractivity contribution in [2.24, 2.45) is 0 Å². The lowest BCUT2D eigenvalue weighted by Crippen LogP contribution is -2.42. The number of likely N-dealkylation sites (N-methyl/N-ethyl adjacent to an activating group) is 1. The molecule has 202 valence electrons. The Labute approximate surface area is 225 Å². The van der Waals surface area contributed by atoms with Gasteiger partial charge in [0.1, 0.15) is 5.69 Å². The lowest BCUT2D eigenvalue weighted by Gasteiger charge is -2.33. The molecule has 0 aliphatic carbocycles. The Morgan fingerprint density at radius 2 is 2.03 bits per heavy atom. The van der Waals surface area contributed by atoms with Crippen molar-refractivity contribution in [2.45, 2.75) is 19.6 Å². The van der Waals surface area contributed by atoms with Crippen molar-refractivity contribution in [3.63, 3.8) is 0 Å². The minimum Gasteiger partial charge on any atom is -0.494 e. The number of hydrogen-bond acceptors (Lipinski definition) is 9. The average Bonchev–Trinajstić information content (AvgIpc) is 3.26. The number of nitrogens with zero attached hydrogens (tertiary/aromatic N) is 6. The quantitative estimate of drug-likeness (QED) is 0.205. The Morgan fingerprint density at radius 3 is 2.77 bits per heavy atom. The fourth-order valence-electron chi connectivity index (χ4n) is 5.61. The second-order valence-electron chi connectivity index (χ2n) is 9.92. The lowest BCUT2D eigenvalue weighted by molar-refractivity contribution is -0.384. The summed E-state index contributed by atoms with van der Waals surface area (Å²) in [5, 5.41) is 13.3. The largest absolute Gasteiger partial charge is 0.494 e. The number of nitrogen functional groups attached to an aromatic ring is 1. The molecule has 1 fully saturated rings. The molecular weight excluding hydrogens is 498 g/mol. The first kappa shape index (κ1) is 25.1. The van der Waals surface area contributed by atoms with Gasteiger partial charge in [-0.2, -0.15) is 0 Å². The van der Waals surface area contributed by atoms with E-state index in [1.54, 1.807) is 6.20 Å². The highest BCUT2D eigenvalue weighted by Gasteiger charge is 2.31. The molecule has 0 amide bonds. The summed E-state index contributed by atoms with van der Waals surface area (Å²) in [5.74, 6) is 0.627. The Kier molecular flexibility index (Phi) is 6.53. The molecule has 11 nitrogen and oxygen atoms in total. The zero-order valence-electron chi connectivity index (χ0n) is 22.1. The summed E-state index contributed by atoms with van der Waals surface area (Å²) >= 11 is 0. The molecule has 2 aromatic carbocycles. The molecule has 6 rings (SSSR count). The van der Waals surface area contributed by atoms with Crippen molar-refractivity contribution in [1.82, 2.24) is 19.4 Å². The fourth-order valence-corrected chi connectivity index (χ4v) is 5.61. The number of nitro benzene ring substituents is 1. The van der Waals surface area contributed by atoms with E-state index in [1.807, 2.05) is 30.1 Å². The van der Waals surface area contributed by atoms with Crippen LogP contribution in [0.25, 0.3) is 33.5 Å². The van der Waals surface area contributed by atoms with Gasteiger partial charge in [0.05, 0.1) is 47.9 Å². The smallest absolute Gasteiger partial charge is 0.295 e. The molecule has 2 aliphatic rings. The van der Waals surface area contributed by atoms with Gasteiger partial charge in [-0.05, 0) is 31.6 Å². The maximum absolute atomic E-state index is 12.2. The van der Waals surface area contributed by atoms with Crippen molar-refractivity contribution in [2.75, 3.05) is 57.6 Å². The number of ether oxygens (including phenoxy) is 2. The normalized spacial score (nSPS) is 15.1. The highest BCUT2D eigenvalue weighted by molar-refractivity contribution is 5.98. The van der Waals surface area contributed by atoms with E-state index < -0.39 is 4.92 Å². The Morgan fingerprint density at radius 1 is 1.21 bits per heavy atom. The molecule has 2 N–H and O–H groups in total. The predicted molar refractivity (Wildman–Crippen MR) is 150 cm³/mol. The van der Waals surface area contributed by atoms with E-state index in [0.29, 0.717) is 48.3 Å². The summed E-state index contributed by atoms with van der Waals surface area (Å²) in [6.07, 6.45) is 2.85. The number of rotatable bonds is 8. The third kappa shape index (κ3) is 4.33. The second kappa shape index (κ2) is 10.2. The number of nitro groups is 1. The first-order valence-electron chi connectivity index (χ1n) is 13.1. The number of likely N-dealkylation sites (tertiary alicyclic amines) is 1. The van der Waals surface area contributed by atoms with Crippen LogP contribution in [0.1, 0.15) is 12.1 Å². The number of para-hydroxylation sites is 1. The zero-order valence-corrected chi connectivity index (χ0v) is 22.1. The van der Waals surface area contributed by atoms with Gasteiger partial charge in [-0.15, -0.1) is 0 Å². The number of hydrogen-bond donors (Lipinski definition) is 1. The van der Waals surface area contributed by atoms with Gasteiger partial charge < -0.3 is 29.6 Å². The molecule has 1 saturated heterocycles. The number of benzene rings is 2. The molecule has 2 aliphatic heterocycles. The van der Waals surface area contributed by atoms with Crippen LogP contribution in [-0.2, 0) is 17.9 Å². The molecule has 11 heteroatoms. The van der Waals surface area contributed by atoms with Crippen LogP contribution in [0.3, 0.4) is 0 Å². The summed E-state index contributed by atoms with van der Waals surface area (Å²) in [7, 11) is 3.35. The van der Waals surface area contributed by atoms with Gasteiger partial charge in [-0.1, -0.05) is 18.2 Å². The summed E-state index contributed by atoms with van der Waals surface area (Å²) in [6, 6.07) is 11.4. The second-order valence-corrected chi connectivity index (χ2v) is 9.92. The molecule has 0 bridgehead atoms. The van der Waals surface area contributed by atoms with Gasteiger partial charge in [-0.3, -0.25) is 10.1 Å². The number of aromatic nitrogens is 3. The van der Waals surface area contributed by atoms with Gasteiger partial charge in [0.2, 0.25) is 0 Å². The third-order valence-electron chi connectivity index (χ3n) is 7.66. The van der Waals surface area contributed by atoms with E-state index in [0.717, 1.165) is 48.3 Å². The van der Waals surface area contributed by atoms with Crippen LogP contribution in [0.5, 0.6) is 5.75 Å². The predicted octanol–water partition coefficient (Wildman–Crippen LogP) is 3.94. The summed E-state index contributed by atoms with van der Waals surface area (Å²) in [5.41, 5.74) is 11.0. The Bertz CT molecular complexity index is 1560. The van der Waals surface area contributed by atoms with Crippen LogP contribution in [0.2, 0.25) is 0 Å². The SMILES string of the molecule is COc1c(N)cc([N+](=O)[O-])c(N(C)CCN2CCC2)c1-c1nccc(-c2c3n(c4ccccc24)CCOC3)n1. The molecule has 0 saturated carbocycles. The van der Waals surface area contributed by atoms with Crippen molar-refractivity contribution < 1.29 is 14.4 Å². The first-order valence-corrected chi connectivity index (χ1v) is 13.1. The van der Waals surface area contributed by atoms with Gasteiger partial charge >= 0.3 is 0 Å². The van der Waals surface area contributed by atoms with Crippen LogP contribution in [0.15, 0.2) is 42.6 Å². The van der Waals surface area contributed by atoms with Crippen molar-refractivity contribution in [3.05, 3.63) is 58.4 Å². The standard InChI is InChI=1S/C28H31N7O4/c1-32(12-13-33-10-5-11-33)26-22(35(36)37)16-19(29)27(38-2)25(26)28-30-9-8-20(31-28)24-18-6-3-4-7-21(18)34-14-15-39-17-23(24)34/h3-4,6-9,16H,5,10-15,17,29H2,1-2H3. The maximum atomic E-state index is 12.2. The van der Waals surface area contributed by atoms with E-state index in [4.69, 9.17) is 20.2 Å². The van der Waals surface area contributed by atoms with E-state index >= 15 is 0 Å². The molecule has 4 heterocycles. The van der Waals surface area contributed by atoms with E-state index in [-0.39, 0.29) is 11.4 Å². The summed E-state index contributed by atoms with van der Waals surface area (Å²) < 4.78 is 13.8. The minimum atomic E-state index is -0.409. The monoisotopic (exact) mass is 529 g/mol. The van der Waals surface area contributed by atoms with Gasteiger partial charge in [0.25, 0.3) is 5.69 Å². The van der Waals surface area contributed by atoms with Gasteiger partial charge in [0, 0.05) is 55.4 Å². The van der Waals surface area contributed by atoms with Crippen LogP contribution in [-0.4, -0.2) is 71.3 Å². The minimum absolute atomic E-state index is 0.108. The molecule has 0 radical (unpaired) electrons. The van der Waals surface area contributed by atoms with E-state index in [9.17, 15) is 10.1 Å². The Hall–Kier alpha value is -4.22. The van der Waals surface area contributed by atoms with E-state index in [1.165, 1.54) is 19.6 Å². The van der Waals surface area contributed by atoms with Crippen LogP contribution in [0, 0.1) is 10.1 Å². The number of fused-ring (bicyclic) bond motifs is 3. The molecular formula is C28H31N7O4. The van der Waals surface area contributed by atoms with Crippen molar-refractivity contribution in [3.8, 4) is 28.4 Å². The maximum Gasteiger partial charge on any atom is 0.295 e. The molecule has 0 unspecified atom stereocenters. The lowest BCUT2D eigenvalue weighted by atomic mass is 10.0. The van der Waals surface area contributed by atoms with Crippen LogP contribution in [0.4, 0.5) is 17.1 Å². The van der Waals surface area contributed by atoms with Gasteiger partial charge in [0.15, 0.2) is 11.6 Å². The van der Waals surface area contributed by atoms with Crippen LogP contribution < -0.4 is 15.4 Å².